The first-order valence-corrected chi connectivity index (χ1v) is 10.5. The van der Waals surface area contributed by atoms with Crippen LogP contribution in [0.1, 0.15) is 26.2 Å². The number of rotatable bonds is 3. The number of fused-ring (bicyclic) bond motifs is 1. The van der Waals surface area contributed by atoms with Crippen molar-refractivity contribution in [3.05, 3.63) is 77.2 Å². The maximum atomic E-state index is 13.1. The van der Waals surface area contributed by atoms with E-state index < -0.39 is 0 Å². The molecule has 0 spiro atoms. The number of H-pyrrole nitrogens is 1. The van der Waals surface area contributed by atoms with Crippen molar-refractivity contribution in [3.63, 3.8) is 0 Å². The molecular weight excluding hydrogens is 372 g/mol. The summed E-state index contributed by atoms with van der Waals surface area (Å²) in [5.74, 6) is 0.628. The largest absolute Gasteiger partial charge is 0.340 e. The van der Waals surface area contributed by atoms with Crippen molar-refractivity contribution in [2.24, 2.45) is 0 Å². The van der Waals surface area contributed by atoms with Crippen molar-refractivity contribution in [2.75, 3.05) is 11.4 Å². The fourth-order valence-corrected chi connectivity index (χ4v) is 4.31. The third-order valence-corrected chi connectivity index (χ3v) is 5.97. The van der Waals surface area contributed by atoms with Gasteiger partial charge >= 0.3 is 0 Å². The van der Waals surface area contributed by atoms with Crippen molar-refractivity contribution in [1.29, 1.82) is 0 Å². The first kappa shape index (κ1) is 18.6. The summed E-state index contributed by atoms with van der Waals surface area (Å²) < 4.78 is 0. The Morgan fingerprint density at radius 2 is 1.67 bits per heavy atom. The number of aromatic nitrogens is 3. The molecule has 0 bridgehead atoms. The van der Waals surface area contributed by atoms with Crippen molar-refractivity contribution >= 4 is 17.0 Å². The van der Waals surface area contributed by atoms with Gasteiger partial charge in [0.25, 0.3) is 5.56 Å². The predicted octanol–water partition coefficient (Wildman–Crippen LogP) is 5.03. The highest BCUT2D eigenvalue weighted by molar-refractivity contribution is 5.92. The van der Waals surface area contributed by atoms with E-state index in [2.05, 4.69) is 58.2 Å². The van der Waals surface area contributed by atoms with Gasteiger partial charge in [0.2, 0.25) is 5.95 Å². The molecule has 150 valence electrons. The summed E-state index contributed by atoms with van der Waals surface area (Å²) in [6.45, 7) is 3.09. The number of benzene rings is 2. The summed E-state index contributed by atoms with van der Waals surface area (Å²) in [4.78, 5) is 27.4. The molecule has 1 unspecified atom stereocenters. The molecule has 1 atom stereocenters. The van der Waals surface area contributed by atoms with E-state index in [1.807, 2.05) is 24.3 Å². The van der Waals surface area contributed by atoms with Gasteiger partial charge in [0.15, 0.2) is 5.65 Å². The van der Waals surface area contributed by atoms with E-state index in [1.54, 1.807) is 6.20 Å². The maximum Gasteiger partial charge on any atom is 0.262 e. The van der Waals surface area contributed by atoms with Gasteiger partial charge in [-0.1, -0.05) is 54.6 Å². The number of nitrogens with one attached hydrogen (secondary N) is 1. The zero-order valence-electron chi connectivity index (χ0n) is 17.0. The number of hydrogen-bond acceptors (Lipinski definition) is 4. The molecule has 1 fully saturated rings. The van der Waals surface area contributed by atoms with Gasteiger partial charge in [0.1, 0.15) is 0 Å². The summed E-state index contributed by atoms with van der Waals surface area (Å²) in [6.07, 6.45) is 5.19. The van der Waals surface area contributed by atoms with E-state index in [9.17, 15) is 4.79 Å². The topological polar surface area (TPSA) is 61.9 Å². The lowest BCUT2D eigenvalue weighted by Gasteiger charge is -2.33. The van der Waals surface area contributed by atoms with E-state index >= 15 is 0 Å². The van der Waals surface area contributed by atoms with Crippen LogP contribution in [0.5, 0.6) is 0 Å². The predicted molar refractivity (Wildman–Crippen MR) is 122 cm³/mol. The Hall–Kier alpha value is -3.47. The quantitative estimate of drug-likeness (QED) is 0.527. The smallest absolute Gasteiger partial charge is 0.262 e. The molecule has 2 aromatic heterocycles. The molecule has 2 aromatic carbocycles. The third-order valence-electron chi connectivity index (χ3n) is 5.97. The molecule has 30 heavy (non-hydrogen) atoms. The number of hydrogen-bond donors (Lipinski definition) is 1. The fourth-order valence-electron chi connectivity index (χ4n) is 4.31. The first-order chi connectivity index (χ1) is 14.7. The molecule has 1 aliphatic heterocycles. The SMILES string of the molecule is CC1CCCCN1c1nc2nccc(-c3ccc(-c4ccccc4)cc3)c2c(=O)[nH]1. The van der Waals surface area contributed by atoms with Gasteiger partial charge in [-0.3, -0.25) is 9.78 Å². The van der Waals surface area contributed by atoms with E-state index in [0.29, 0.717) is 23.0 Å². The minimum Gasteiger partial charge on any atom is -0.340 e. The Kier molecular flexibility index (Phi) is 4.79. The molecule has 4 aromatic rings. The van der Waals surface area contributed by atoms with Crippen LogP contribution in [-0.2, 0) is 0 Å². The van der Waals surface area contributed by atoms with E-state index in [1.165, 1.54) is 12.0 Å². The van der Waals surface area contributed by atoms with Crippen LogP contribution >= 0.6 is 0 Å². The van der Waals surface area contributed by atoms with Crippen LogP contribution in [0.25, 0.3) is 33.3 Å². The molecule has 5 rings (SSSR count). The van der Waals surface area contributed by atoms with Crippen molar-refractivity contribution in [3.8, 4) is 22.3 Å². The molecular formula is C25H24N4O. The lowest BCUT2D eigenvalue weighted by atomic mass is 9.99. The average molecular weight is 396 g/mol. The third kappa shape index (κ3) is 3.36. The molecule has 1 N–H and O–H groups in total. The van der Waals surface area contributed by atoms with Crippen LogP contribution in [0.3, 0.4) is 0 Å². The molecule has 5 nitrogen and oxygen atoms in total. The number of pyridine rings is 1. The Balaban J connectivity index is 1.56. The number of aromatic amines is 1. The van der Waals surface area contributed by atoms with Gasteiger partial charge in [-0.05, 0) is 54.5 Å². The first-order valence-electron chi connectivity index (χ1n) is 10.5. The van der Waals surface area contributed by atoms with Crippen LogP contribution in [-0.4, -0.2) is 27.5 Å². The molecule has 0 saturated carbocycles. The summed E-state index contributed by atoms with van der Waals surface area (Å²) in [6, 6.07) is 20.8. The lowest BCUT2D eigenvalue weighted by molar-refractivity contribution is 0.477. The summed E-state index contributed by atoms with van der Waals surface area (Å²) in [5, 5.41) is 0.540. The standard InChI is InChI=1S/C25H24N4O/c1-17-7-5-6-16-29(17)25-27-23-22(24(30)28-25)21(14-15-26-23)20-12-10-19(11-13-20)18-8-3-2-4-9-18/h2-4,8-15,17H,5-7,16H2,1H3,(H,26,27,28,30). The minimum atomic E-state index is -0.136. The van der Waals surface area contributed by atoms with Gasteiger partial charge in [-0.2, -0.15) is 4.98 Å². The molecule has 3 heterocycles. The number of piperidine rings is 1. The van der Waals surface area contributed by atoms with Crippen LogP contribution in [0.4, 0.5) is 5.95 Å². The van der Waals surface area contributed by atoms with Crippen LogP contribution in [0.2, 0.25) is 0 Å². The second kappa shape index (κ2) is 7.75. The van der Waals surface area contributed by atoms with Crippen LogP contribution in [0.15, 0.2) is 71.7 Å². The van der Waals surface area contributed by atoms with E-state index in [4.69, 9.17) is 4.98 Å². The lowest BCUT2D eigenvalue weighted by Crippen LogP contribution is -2.39. The summed E-state index contributed by atoms with van der Waals surface area (Å²) in [7, 11) is 0. The minimum absolute atomic E-state index is 0.136. The Labute approximate surface area is 175 Å². The highest BCUT2D eigenvalue weighted by Crippen LogP contribution is 2.29. The summed E-state index contributed by atoms with van der Waals surface area (Å²) in [5.41, 5.74) is 4.51. The fraction of sp³-hybridized carbons (Fsp3) is 0.240. The summed E-state index contributed by atoms with van der Waals surface area (Å²) >= 11 is 0. The number of nitrogens with zero attached hydrogens (tertiary/aromatic N) is 3. The molecule has 1 aliphatic rings. The molecule has 0 aliphatic carbocycles. The van der Waals surface area contributed by atoms with Crippen molar-refractivity contribution in [1.82, 2.24) is 15.0 Å². The van der Waals surface area contributed by atoms with Crippen LogP contribution in [0, 0.1) is 0 Å². The Morgan fingerprint density at radius 3 is 2.43 bits per heavy atom. The Bertz CT molecular complexity index is 1230. The zero-order valence-corrected chi connectivity index (χ0v) is 17.0. The van der Waals surface area contributed by atoms with Gasteiger partial charge in [0.05, 0.1) is 5.39 Å². The highest BCUT2D eigenvalue weighted by Gasteiger charge is 2.22. The van der Waals surface area contributed by atoms with E-state index in [0.717, 1.165) is 36.1 Å². The van der Waals surface area contributed by atoms with Gasteiger partial charge in [-0.25, -0.2) is 4.98 Å². The molecule has 1 saturated heterocycles. The highest BCUT2D eigenvalue weighted by atomic mass is 16.1. The average Bonchev–Trinajstić information content (AvgIpc) is 2.79. The number of anilines is 1. The van der Waals surface area contributed by atoms with Crippen LogP contribution < -0.4 is 10.5 Å². The monoisotopic (exact) mass is 396 g/mol. The molecule has 5 heteroatoms. The van der Waals surface area contributed by atoms with Crippen molar-refractivity contribution < 1.29 is 0 Å². The van der Waals surface area contributed by atoms with Gasteiger partial charge in [0, 0.05) is 18.8 Å². The van der Waals surface area contributed by atoms with Gasteiger partial charge in [-0.15, -0.1) is 0 Å². The van der Waals surface area contributed by atoms with Gasteiger partial charge < -0.3 is 4.90 Å². The second-order valence-corrected chi connectivity index (χ2v) is 7.93. The zero-order chi connectivity index (χ0) is 20.5. The maximum absolute atomic E-state index is 13.1. The van der Waals surface area contributed by atoms with E-state index in [-0.39, 0.29) is 5.56 Å². The molecule has 0 radical (unpaired) electrons. The molecule has 0 amide bonds. The second-order valence-electron chi connectivity index (χ2n) is 7.93. The normalized spacial score (nSPS) is 16.7. The Morgan fingerprint density at radius 1 is 0.933 bits per heavy atom. The van der Waals surface area contributed by atoms with Crippen molar-refractivity contribution in [2.45, 2.75) is 32.2 Å².